The maximum absolute atomic E-state index is 3.93. The number of rotatable bonds is 0. The van der Waals surface area contributed by atoms with E-state index in [0.717, 1.165) is 19.3 Å². The molecule has 0 heterocycles. The third-order valence-electron chi connectivity index (χ3n) is 4.86. The molecule has 0 radical (unpaired) electrons. The lowest BCUT2D eigenvalue weighted by molar-refractivity contribution is 0.870. The molecule has 0 saturated carbocycles. The van der Waals surface area contributed by atoms with Crippen molar-refractivity contribution in [2.45, 2.75) is 48.2 Å². The zero-order valence-electron chi connectivity index (χ0n) is 10.9. The van der Waals surface area contributed by atoms with Crippen LogP contribution in [0.4, 0.5) is 0 Å². The summed E-state index contributed by atoms with van der Waals surface area (Å²) in [6.07, 6.45) is 3.41. The lowest BCUT2D eigenvalue weighted by Gasteiger charge is -2.22. The standard InChI is InChI=1S/C15H12Br6/c16-4-1-5(17)11-10(4)12-6(18)2-8(20)14(12)15-9(21)3-7(19)13(11)15/h4-9H,1-3H2/t4-,5+,6+,7-,8-,9+. The molecule has 21 heavy (non-hydrogen) atoms. The van der Waals surface area contributed by atoms with Crippen LogP contribution in [0.2, 0.25) is 0 Å². The Bertz CT molecular complexity index is 471. The van der Waals surface area contributed by atoms with Crippen molar-refractivity contribution >= 4 is 95.6 Å². The highest BCUT2D eigenvalue weighted by Gasteiger charge is 2.46. The molecule has 1 aromatic carbocycles. The average molecular weight is 672 g/mol. The Hall–Kier alpha value is 2.10. The Balaban J connectivity index is 2.12. The Morgan fingerprint density at radius 1 is 0.381 bits per heavy atom. The molecule has 3 aliphatic carbocycles. The topological polar surface area (TPSA) is 0 Å². The van der Waals surface area contributed by atoms with E-state index in [-0.39, 0.29) is 0 Å². The lowest BCUT2D eigenvalue weighted by atomic mass is 9.90. The van der Waals surface area contributed by atoms with Crippen LogP contribution in [-0.2, 0) is 0 Å². The van der Waals surface area contributed by atoms with E-state index in [0.29, 0.717) is 29.0 Å². The van der Waals surface area contributed by atoms with Gasteiger partial charge in [0.05, 0.1) is 0 Å². The summed E-state index contributed by atoms with van der Waals surface area (Å²) in [6, 6.07) is 0. The van der Waals surface area contributed by atoms with Crippen LogP contribution in [0.1, 0.15) is 81.6 Å². The van der Waals surface area contributed by atoms with Crippen molar-refractivity contribution in [2.75, 3.05) is 0 Å². The predicted molar refractivity (Wildman–Crippen MR) is 110 cm³/mol. The molecule has 3 aliphatic rings. The Kier molecular flexibility index (Phi) is 4.59. The molecule has 0 saturated heterocycles. The average Bonchev–Trinajstić information content (AvgIpc) is 2.96. The smallest absolute Gasteiger partial charge is 0.0415 e. The summed E-state index contributed by atoms with van der Waals surface area (Å²) in [5, 5.41) is 0. The molecule has 0 bridgehead atoms. The normalized spacial score (nSPS) is 40.3. The zero-order valence-corrected chi connectivity index (χ0v) is 20.4. The first-order chi connectivity index (χ1) is 9.91. The second-order valence-electron chi connectivity index (χ2n) is 5.99. The fraction of sp³-hybridized carbons (Fsp3) is 0.600. The first kappa shape index (κ1) is 16.6. The fourth-order valence-electron chi connectivity index (χ4n) is 4.15. The van der Waals surface area contributed by atoms with E-state index in [1.165, 1.54) is 0 Å². The van der Waals surface area contributed by atoms with Gasteiger partial charge in [0, 0.05) is 29.0 Å². The van der Waals surface area contributed by atoms with E-state index >= 15 is 0 Å². The molecule has 6 heteroatoms. The minimum absolute atomic E-state index is 0.461. The van der Waals surface area contributed by atoms with Gasteiger partial charge in [-0.25, -0.2) is 0 Å². The van der Waals surface area contributed by atoms with Gasteiger partial charge in [0.2, 0.25) is 0 Å². The molecule has 4 rings (SSSR count). The summed E-state index contributed by atoms with van der Waals surface area (Å²) < 4.78 is 0. The molecule has 114 valence electrons. The van der Waals surface area contributed by atoms with Gasteiger partial charge in [0.25, 0.3) is 0 Å². The van der Waals surface area contributed by atoms with E-state index in [1.807, 2.05) is 0 Å². The number of benzene rings is 1. The number of hydrogen-bond donors (Lipinski definition) is 0. The monoisotopic (exact) mass is 666 g/mol. The van der Waals surface area contributed by atoms with Crippen molar-refractivity contribution in [3.05, 3.63) is 33.4 Å². The highest BCUT2D eigenvalue weighted by Crippen LogP contribution is 2.65. The van der Waals surface area contributed by atoms with Crippen LogP contribution in [-0.4, -0.2) is 0 Å². The molecule has 1 aromatic rings. The van der Waals surface area contributed by atoms with E-state index in [9.17, 15) is 0 Å². The molecule has 0 spiro atoms. The van der Waals surface area contributed by atoms with Crippen LogP contribution in [0.3, 0.4) is 0 Å². The Labute approximate surface area is 175 Å². The van der Waals surface area contributed by atoms with Gasteiger partial charge in [-0.15, -0.1) is 0 Å². The third-order valence-corrected chi connectivity index (χ3v) is 9.85. The van der Waals surface area contributed by atoms with Gasteiger partial charge in [-0.2, -0.15) is 0 Å². The predicted octanol–water partition coefficient (Wildman–Crippen LogP) is 8.51. The second kappa shape index (κ2) is 5.82. The largest absolute Gasteiger partial charge is 0.0838 e. The fourth-order valence-corrected chi connectivity index (χ4v) is 10.9. The Morgan fingerprint density at radius 2 is 0.524 bits per heavy atom. The van der Waals surface area contributed by atoms with E-state index in [4.69, 9.17) is 0 Å². The van der Waals surface area contributed by atoms with Gasteiger partial charge < -0.3 is 0 Å². The summed E-state index contributed by atoms with van der Waals surface area (Å²) in [7, 11) is 0. The maximum atomic E-state index is 3.93. The van der Waals surface area contributed by atoms with Crippen molar-refractivity contribution in [1.82, 2.24) is 0 Å². The van der Waals surface area contributed by atoms with Crippen LogP contribution in [0.25, 0.3) is 0 Å². The molecule has 0 unspecified atom stereocenters. The quantitative estimate of drug-likeness (QED) is 0.243. The summed E-state index contributed by atoms with van der Waals surface area (Å²) in [5.74, 6) is 0. The SMILES string of the molecule is Br[C@@H]1C[C@H](Br)c2c1c1c(c3c2[C@H](Br)C[C@@H]3Br)[C@H](Br)C[C@@H]1Br. The maximum Gasteiger partial charge on any atom is 0.0415 e. The number of alkyl halides is 6. The summed E-state index contributed by atoms with van der Waals surface area (Å²) in [5.41, 5.74) is 9.25. The second-order valence-corrected chi connectivity index (χ2v) is 12.6. The molecule has 0 fully saturated rings. The molecule has 0 nitrogen and oxygen atoms in total. The molecule has 0 N–H and O–H groups in total. The summed E-state index contributed by atoms with van der Waals surface area (Å²) in [4.78, 5) is 2.77. The number of hydrogen-bond acceptors (Lipinski definition) is 0. The highest BCUT2D eigenvalue weighted by atomic mass is 79.9. The van der Waals surface area contributed by atoms with Crippen LogP contribution < -0.4 is 0 Å². The van der Waals surface area contributed by atoms with Gasteiger partial charge in [-0.3, -0.25) is 0 Å². The van der Waals surface area contributed by atoms with Crippen molar-refractivity contribution in [2.24, 2.45) is 0 Å². The molecule has 6 atom stereocenters. The number of fused-ring (bicyclic) bond motifs is 6. The van der Waals surface area contributed by atoms with Gasteiger partial charge in [-0.05, 0) is 52.6 Å². The van der Waals surface area contributed by atoms with E-state index in [1.54, 1.807) is 33.4 Å². The summed E-state index contributed by atoms with van der Waals surface area (Å²) >= 11 is 23.6. The first-order valence-electron chi connectivity index (χ1n) is 6.99. The van der Waals surface area contributed by atoms with Crippen LogP contribution in [0.5, 0.6) is 0 Å². The molecule has 0 aliphatic heterocycles. The molecule has 0 amide bonds. The number of halogens is 6. The lowest BCUT2D eigenvalue weighted by Crippen LogP contribution is -2.04. The minimum Gasteiger partial charge on any atom is -0.0838 e. The molecular formula is C15H12Br6. The van der Waals surface area contributed by atoms with Gasteiger partial charge >= 0.3 is 0 Å². The van der Waals surface area contributed by atoms with Crippen molar-refractivity contribution < 1.29 is 0 Å². The van der Waals surface area contributed by atoms with Crippen LogP contribution in [0, 0.1) is 0 Å². The van der Waals surface area contributed by atoms with Crippen LogP contribution in [0.15, 0.2) is 0 Å². The Morgan fingerprint density at radius 3 is 0.667 bits per heavy atom. The zero-order chi connectivity index (χ0) is 15.0. The van der Waals surface area contributed by atoms with E-state index < -0.39 is 0 Å². The van der Waals surface area contributed by atoms with Gasteiger partial charge in [0.15, 0.2) is 0 Å². The highest BCUT2D eigenvalue weighted by molar-refractivity contribution is 9.10. The van der Waals surface area contributed by atoms with Crippen molar-refractivity contribution in [3.63, 3.8) is 0 Å². The summed E-state index contributed by atoms with van der Waals surface area (Å²) in [6.45, 7) is 0. The first-order valence-corrected chi connectivity index (χ1v) is 12.5. The van der Waals surface area contributed by atoms with Gasteiger partial charge in [-0.1, -0.05) is 95.6 Å². The van der Waals surface area contributed by atoms with Crippen molar-refractivity contribution in [3.8, 4) is 0 Å². The van der Waals surface area contributed by atoms with Gasteiger partial charge in [0.1, 0.15) is 0 Å². The van der Waals surface area contributed by atoms with E-state index in [2.05, 4.69) is 95.6 Å². The third kappa shape index (κ3) is 2.32. The molecular weight excluding hydrogens is 660 g/mol. The van der Waals surface area contributed by atoms with Crippen LogP contribution >= 0.6 is 95.6 Å². The minimum atomic E-state index is 0.461. The molecule has 0 aromatic heterocycles. The van der Waals surface area contributed by atoms with Crippen molar-refractivity contribution in [1.29, 1.82) is 0 Å².